The zero-order chi connectivity index (χ0) is 9.26. The number of aromatic nitrogens is 1. The van der Waals surface area contributed by atoms with Crippen molar-refractivity contribution < 1.29 is 5.11 Å². The van der Waals surface area contributed by atoms with E-state index in [2.05, 4.69) is 23.8 Å². The molecule has 0 saturated carbocycles. The SMILES string of the molecule is CCn1ccc2ccc(CO)cc21. The van der Waals surface area contributed by atoms with Crippen LogP contribution in [-0.2, 0) is 13.2 Å². The fourth-order valence-corrected chi connectivity index (χ4v) is 1.60. The fourth-order valence-electron chi connectivity index (χ4n) is 1.60. The second-order valence-electron chi connectivity index (χ2n) is 3.15. The largest absolute Gasteiger partial charge is 0.392 e. The number of hydrogen-bond donors (Lipinski definition) is 1. The second kappa shape index (κ2) is 3.23. The van der Waals surface area contributed by atoms with Crippen molar-refractivity contribution >= 4 is 10.9 Å². The Hall–Kier alpha value is -1.28. The summed E-state index contributed by atoms with van der Waals surface area (Å²) in [6.45, 7) is 3.20. The molecule has 1 heterocycles. The van der Waals surface area contributed by atoms with E-state index in [0.29, 0.717) is 0 Å². The summed E-state index contributed by atoms with van der Waals surface area (Å²) in [6, 6.07) is 8.15. The summed E-state index contributed by atoms with van der Waals surface area (Å²) in [5, 5.41) is 10.2. The van der Waals surface area contributed by atoms with Crippen molar-refractivity contribution in [1.82, 2.24) is 4.57 Å². The molecular weight excluding hydrogens is 162 g/mol. The Balaban J connectivity index is 2.64. The van der Waals surface area contributed by atoms with Gasteiger partial charge in [0.15, 0.2) is 0 Å². The number of nitrogens with zero attached hydrogens (tertiary/aromatic N) is 1. The highest BCUT2D eigenvalue weighted by Crippen LogP contribution is 2.17. The molecule has 0 saturated heterocycles. The molecule has 0 amide bonds. The Morgan fingerprint density at radius 2 is 2.15 bits per heavy atom. The van der Waals surface area contributed by atoms with E-state index in [9.17, 15) is 0 Å². The molecule has 13 heavy (non-hydrogen) atoms. The molecule has 0 radical (unpaired) electrons. The smallest absolute Gasteiger partial charge is 0.0682 e. The third kappa shape index (κ3) is 1.33. The van der Waals surface area contributed by atoms with Crippen LogP contribution in [0.3, 0.4) is 0 Å². The number of hydrogen-bond acceptors (Lipinski definition) is 1. The minimum atomic E-state index is 0.116. The van der Waals surface area contributed by atoms with Crippen molar-refractivity contribution in [3.8, 4) is 0 Å². The molecule has 68 valence electrons. The van der Waals surface area contributed by atoms with Gasteiger partial charge >= 0.3 is 0 Å². The van der Waals surface area contributed by atoms with Crippen LogP contribution in [0.5, 0.6) is 0 Å². The fraction of sp³-hybridized carbons (Fsp3) is 0.273. The van der Waals surface area contributed by atoms with Crippen LogP contribution in [-0.4, -0.2) is 9.67 Å². The van der Waals surface area contributed by atoms with Gasteiger partial charge in [-0.1, -0.05) is 12.1 Å². The van der Waals surface area contributed by atoms with E-state index in [4.69, 9.17) is 5.11 Å². The van der Waals surface area contributed by atoms with Crippen molar-refractivity contribution in [2.24, 2.45) is 0 Å². The van der Waals surface area contributed by atoms with E-state index >= 15 is 0 Å². The first-order valence-electron chi connectivity index (χ1n) is 4.53. The van der Waals surface area contributed by atoms with Gasteiger partial charge in [0.05, 0.1) is 6.61 Å². The quantitative estimate of drug-likeness (QED) is 0.743. The van der Waals surface area contributed by atoms with Crippen LogP contribution in [0.25, 0.3) is 10.9 Å². The Bertz CT molecular complexity index is 417. The zero-order valence-electron chi connectivity index (χ0n) is 7.70. The molecule has 0 fully saturated rings. The predicted molar refractivity (Wildman–Crippen MR) is 53.5 cm³/mol. The molecule has 0 unspecified atom stereocenters. The van der Waals surface area contributed by atoms with Crippen molar-refractivity contribution in [2.75, 3.05) is 0 Å². The molecule has 1 aromatic heterocycles. The molecule has 0 aliphatic rings. The number of rotatable bonds is 2. The van der Waals surface area contributed by atoms with Gasteiger partial charge in [0.1, 0.15) is 0 Å². The van der Waals surface area contributed by atoms with E-state index in [0.717, 1.165) is 12.1 Å². The van der Waals surface area contributed by atoms with Crippen LogP contribution < -0.4 is 0 Å². The van der Waals surface area contributed by atoms with Gasteiger partial charge in [-0.2, -0.15) is 0 Å². The molecule has 2 aromatic rings. The predicted octanol–water partition coefficient (Wildman–Crippen LogP) is 2.15. The lowest BCUT2D eigenvalue weighted by molar-refractivity contribution is 0.282. The lowest BCUT2D eigenvalue weighted by Gasteiger charge is -2.01. The van der Waals surface area contributed by atoms with Gasteiger partial charge in [-0.15, -0.1) is 0 Å². The summed E-state index contributed by atoms with van der Waals surface area (Å²) >= 11 is 0. The van der Waals surface area contributed by atoms with Gasteiger partial charge in [-0.3, -0.25) is 0 Å². The number of benzene rings is 1. The van der Waals surface area contributed by atoms with Crippen LogP contribution in [0.1, 0.15) is 12.5 Å². The number of aliphatic hydroxyl groups excluding tert-OH is 1. The Morgan fingerprint density at radius 1 is 1.31 bits per heavy atom. The van der Waals surface area contributed by atoms with Crippen molar-refractivity contribution in [1.29, 1.82) is 0 Å². The summed E-state index contributed by atoms with van der Waals surface area (Å²) in [5.74, 6) is 0. The van der Waals surface area contributed by atoms with Crippen LogP contribution in [0.15, 0.2) is 30.5 Å². The van der Waals surface area contributed by atoms with Crippen molar-refractivity contribution in [3.05, 3.63) is 36.0 Å². The maximum absolute atomic E-state index is 8.99. The number of fused-ring (bicyclic) bond motifs is 1. The maximum Gasteiger partial charge on any atom is 0.0682 e. The normalized spacial score (nSPS) is 10.9. The van der Waals surface area contributed by atoms with E-state index < -0.39 is 0 Å². The molecule has 0 aliphatic carbocycles. The molecule has 2 heteroatoms. The zero-order valence-corrected chi connectivity index (χ0v) is 7.70. The molecule has 2 nitrogen and oxygen atoms in total. The summed E-state index contributed by atoms with van der Waals surface area (Å²) in [7, 11) is 0. The van der Waals surface area contributed by atoms with Gasteiger partial charge < -0.3 is 9.67 Å². The summed E-state index contributed by atoms with van der Waals surface area (Å²) in [6.07, 6.45) is 2.08. The third-order valence-corrected chi connectivity index (χ3v) is 2.36. The highest BCUT2D eigenvalue weighted by atomic mass is 16.3. The first kappa shape index (κ1) is 8.32. The maximum atomic E-state index is 8.99. The van der Waals surface area contributed by atoms with Gasteiger partial charge in [0, 0.05) is 18.3 Å². The van der Waals surface area contributed by atoms with Crippen LogP contribution in [0, 0.1) is 0 Å². The standard InChI is InChI=1S/C11H13NO/c1-2-12-6-5-10-4-3-9(8-13)7-11(10)12/h3-7,13H,2,8H2,1H3. The van der Waals surface area contributed by atoms with Crippen LogP contribution in [0.2, 0.25) is 0 Å². The van der Waals surface area contributed by atoms with E-state index in [1.165, 1.54) is 10.9 Å². The molecule has 0 aliphatic heterocycles. The van der Waals surface area contributed by atoms with Crippen LogP contribution >= 0.6 is 0 Å². The van der Waals surface area contributed by atoms with Gasteiger partial charge in [-0.05, 0) is 30.0 Å². The lowest BCUT2D eigenvalue weighted by Crippen LogP contribution is -1.91. The minimum absolute atomic E-state index is 0.116. The summed E-state index contributed by atoms with van der Waals surface area (Å²) in [5.41, 5.74) is 2.18. The van der Waals surface area contributed by atoms with E-state index in [1.54, 1.807) is 0 Å². The molecule has 1 N–H and O–H groups in total. The monoisotopic (exact) mass is 175 g/mol. The third-order valence-electron chi connectivity index (χ3n) is 2.36. The topological polar surface area (TPSA) is 25.2 Å². The highest BCUT2D eigenvalue weighted by molar-refractivity contribution is 5.80. The van der Waals surface area contributed by atoms with E-state index in [1.807, 2.05) is 18.2 Å². The van der Waals surface area contributed by atoms with Gasteiger partial charge in [0.2, 0.25) is 0 Å². The molecular formula is C11H13NO. The lowest BCUT2D eigenvalue weighted by atomic mass is 10.2. The van der Waals surface area contributed by atoms with E-state index in [-0.39, 0.29) is 6.61 Å². The van der Waals surface area contributed by atoms with Crippen molar-refractivity contribution in [3.63, 3.8) is 0 Å². The molecule has 0 spiro atoms. The average molecular weight is 175 g/mol. The summed E-state index contributed by atoms with van der Waals surface area (Å²) in [4.78, 5) is 0. The van der Waals surface area contributed by atoms with Gasteiger partial charge in [-0.25, -0.2) is 0 Å². The summed E-state index contributed by atoms with van der Waals surface area (Å²) < 4.78 is 2.18. The average Bonchev–Trinajstić information content (AvgIpc) is 2.59. The van der Waals surface area contributed by atoms with Gasteiger partial charge in [0.25, 0.3) is 0 Å². The second-order valence-corrected chi connectivity index (χ2v) is 3.15. The first-order valence-corrected chi connectivity index (χ1v) is 4.53. The van der Waals surface area contributed by atoms with Crippen LogP contribution in [0.4, 0.5) is 0 Å². The van der Waals surface area contributed by atoms with Crippen molar-refractivity contribution in [2.45, 2.75) is 20.1 Å². The minimum Gasteiger partial charge on any atom is -0.392 e. The Kier molecular flexibility index (Phi) is 2.07. The first-order chi connectivity index (χ1) is 6.35. The molecule has 0 bridgehead atoms. The molecule has 0 atom stereocenters. The Morgan fingerprint density at radius 3 is 2.85 bits per heavy atom. The number of aliphatic hydroxyl groups is 1. The molecule has 2 rings (SSSR count). The number of aryl methyl sites for hydroxylation is 1. The Labute approximate surface area is 77.4 Å². The highest BCUT2D eigenvalue weighted by Gasteiger charge is 1.99. The molecule has 1 aromatic carbocycles.